The minimum atomic E-state index is -1.41. The maximum atomic E-state index is 12.7. The molecule has 0 aromatic heterocycles. The third-order valence-corrected chi connectivity index (χ3v) is 3.68. The summed E-state index contributed by atoms with van der Waals surface area (Å²) in [6.45, 7) is 10.5. The number of fused-ring (bicyclic) bond motifs is 1. The van der Waals surface area contributed by atoms with Crippen molar-refractivity contribution in [3.8, 4) is 0 Å². The van der Waals surface area contributed by atoms with Crippen molar-refractivity contribution >= 4 is 28.9 Å². The molecular formula is C21H23NO4. The lowest BCUT2D eigenvalue weighted by molar-refractivity contribution is -0.116. The Bertz CT molecular complexity index is 815. The molecule has 1 aromatic carbocycles. The van der Waals surface area contributed by atoms with Gasteiger partial charge < -0.3 is 5.32 Å². The Balaban J connectivity index is 0.00000163. The van der Waals surface area contributed by atoms with Crippen LogP contribution in [0.2, 0.25) is 0 Å². The summed E-state index contributed by atoms with van der Waals surface area (Å²) in [4.78, 5) is 49.1. The largest absolute Gasteiger partial charge is 0.326 e. The lowest BCUT2D eigenvalue weighted by Crippen LogP contribution is -2.26. The number of carbonyl (C=O) groups is 4. The molecule has 0 saturated carbocycles. The van der Waals surface area contributed by atoms with E-state index in [9.17, 15) is 19.2 Å². The van der Waals surface area contributed by atoms with Crippen molar-refractivity contribution in [3.63, 3.8) is 0 Å². The van der Waals surface area contributed by atoms with E-state index in [1.54, 1.807) is 25.1 Å². The van der Waals surface area contributed by atoms with Gasteiger partial charge >= 0.3 is 0 Å². The second-order valence-corrected chi connectivity index (χ2v) is 5.27. The molecule has 5 nitrogen and oxygen atoms in total. The maximum Gasteiger partial charge on any atom is 0.221 e. The number of benzene rings is 1. The number of ketones is 3. The summed E-state index contributed by atoms with van der Waals surface area (Å²) >= 11 is 0. The smallest absolute Gasteiger partial charge is 0.221 e. The van der Waals surface area contributed by atoms with E-state index in [0.717, 1.165) is 0 Å². The molecular weight excluding hydrogens is 330 g/mol. The van der Waals surface area contributed by atoms with Crippen LogP contribution in [0.4, 0.5) is 5.69 Å². The highest BCUT2D eigenvalue weighted by atomic mass is 16.2. The average Bonchev–Trinajstić information content (AvgIpc) is 2.88. The Morgan fingerprint density at radius 1 is 1.15 bits per heavy atom. The van der Waals surface area contributed by atoms with Gasteiger partial charge in [-0.25, -0.2) is 0 Å². The Hall–Kier alpha value is -3.08. The Labute approximate surface area is 153 Å². The molecule has 1 amide bonds. The molecule has 0 aliphatic heterocycles. The van der Waals surface area contributed by atoms with Crippen LogP contribution in [-0.4, -0.2) is 23.3 Å². The van der Waals surface area contributed by atoms with Gasteiger partial charge in [0.2, 0.25) is 5.91 Å². The summed E-state index contributed by atoms with van der Waals surface area (Å²) < 4.78 is 0. The molecule has 0 heterocycles. The zero-order valence-electron chi connectivity index (χ0n) is 15.5. The molecule has 1 aromatic rings. The summed E-state index contributed by atoms with van der Waals surface area (Å²) in [6, 6.07) is 4.59. The van der Waals surface area contributed by atoms with E-state index in [1.165, 1.54) is 31.2 Å². The molecule has 0 bridgehead atoms. The van der Waals surface area contributed by atoms with Gasteiger partial charge in [-0.1, -0.05) is 56.9 Å². The lowest BCUT2D eigenvalue weighted by atomic mass is 9.92. The fourth-order valence-electron chi connectivity index (χ4n) is 2.63. The van der Waals surface area contributed by atoms with E-state index in [4.69, 9.17) is 0 Å². The third kappa shape index (κ3) is 4.11. The van der Waals surface area contributed by atoms with Crippen molar-refractivity contribution < 1.29 is 19.2 Å². The van der Waals surface area contributed by atoms with E-state index >= 15 is 0 Å². The number of carbonyl (C=O) groups excluding carboxylic acids is 4. The number of hydrogen-bond donors (Lipinski definition) is 1. The molecule has 0 radical (unpaired) electrons. The first-order chi connectivity index (χ1) is 12.4. The van der Waals surface area contributed by atoms with Gasteiger partial charge in [-0.2, -0.15) is 0 Å². The van der Waals surface area contributed by atoms with Crippen molar-refractivity contribution in [2.24, 2.45) is 5.92 Å². The average molecular weight is 353 g/mol. The SMILES string of the molecule is C=C/C=C\C(=C/C)C(=O)C1C(=O)c2cccc(NC(C)=O)c2C1=O.CC. The van der Waals surface area contributed by atoms with Crippen LogP contribution in [0.3, 0.4) is 0 Å². The Morgan fingerprint density at radius 2 is 1.81 bits per heavy atom. The topological polar surface area (TPSA) is 80.3 Å². The molecule has 1 unspecified atom stereocenters. The summed E-state index contributed by atoms with van der Waals surface area (Å²) in [6.07, 6.45) is 6.11. The predicted molar refractivity (Wildman–Crippen MR) is 102 cm³/mol. The van der Waals surface area contributed by atoms with E-state index in [1.807, 2.05) is 13.8 Å². The normalized spacial score (nSPS) is 16.0. The summed E-state index contributed by atoms with van der Waals surface area (Å²) in [7, 11) is 0. The molecule has 2 rings (SSSR count). The summed E-state index contributed by atoms with van der Waals surface area (Å²) in [5.41, 5.74) is 0.764. The predicted octanol–water partition coefficient (Wildman–Crippen LogP) is 3.92. The van der Waals surface area contributed by atoms with Crippen LogP contribution >= 0.6 is 0 Å². The van der Waals surface area contributed by atoms with E-state index in [-0.39, 0.29) is 28.3 Å². The maximum absolute atomic E-state index is 12.7. The minimum Gasteiger partial charge on any atom is -0.326 e. The molecule has 1 aliphatic rings. The highest BCUT2D eigenvalue weighted by molar-refractivity contribution is 6.39. The number of Topliss-reactive ketones (excluding diaryl/α,β-unsaturated/α-hetero) is 3. The summed E-state index contributed by atoms with van der Waals surface area (Å²) in [5.74, 6) is -3.46. The quantitative estimate of drug-likeness (QED) is 0.494. The van der Waals surface area contributed by atoms with Crippen LogP contribution in [0.25, 0.3) is 0 Å². The van der Waals surface area contributed by atoms with Gasteiger partial charge in [0.25, 0.3) is 0 Å². The number of nitrogens with one attached hydrogen (secondary N) is 1. The van der Waals surface area contributed by atoms with Gasteiger partial charge in [0, 0.05) is 18.1 Å². The zero-order valence-corrected chi connectivity index (χ0v) is 15.5. The lowest BCUT2D eigenvalue weighted by Gasteiger charge is -2.08. The van der Waals surface area contributed by atoms with Gasteiger partial charge in [0.15, 0.2) is 17.3 Å². The Morgan fingerprint density at radius 3 is 2.35 bits per heavy atom. The van der Waals surface area contributed by atoms with Crippen LogP contribution in [-0.2, 0) is 9.59 Å². The van der Waals surface area contributed by atoms with Crippen molar-refractivity contribution in [3.05, 3.63) is 65.8 Å². The number of amides is 1. The molecule has 0 spiro atoms. The van der Waals surface area contributed by atoms with Crippen molar-refractivity contribution in [2.75, 3.05) is 5.32 Å². The first-order valence-corrected chi connectivity index (χ1v) is 8.41. The first kappa shape index (κ1) is 21.0. The number of hydrogen-bond acceptors (Lipinski definition) is 4. The van der Waals surface area contributed by atoms with Crippen LogP contribution in [0.5, 0.6) is 0 Å². The highest BCUT2D eigenvalue weighted by Gasteiger charge is 2.45. The van der Waals surface area contributed by atoms with Crippen LogP contribution in [0.1, 0.15) is 48.4 Å². The molecule has 1 N–H and O–H groups in total. The van der Waals surface area contributed by atoms with Gasteiger partial charge in [0.1, 0.15) is 5.92 Å². The van der Waals surface area contributed by atoms with Gasteiger partial charge in [0.05, 0.1) is 11.3 Å². The molecule has 26 heavy (non-hydrogen) atoms. The number of anilines is 1. The molecule has 0 saturated heterocycles. The van der Waals surface area contributed by atoms with Crippen molar-refractivity contribution in [1.29, 1.82) is 0 Å². The van der Waals surface area contributed by atoms with Crippen molar-refractivity contribution in [1.82, 2.24) is 0 Å². The minimum absolute atomic E-state index is 0.0965. The van der Waals surface area contributed by atoms with Gasteiger partial charge in [-0.3, -0.25) is 19.2 Å². The molecule has 1 atom stereocenters. The summed E-state index contributed by atoms with van der Waals surface area (Å²) in [5, 5.41) is 2.53. The van der Waals surface area contributed by atoms with Crippen LogP contribution in [0.15, 0.2) is 54.7 Å². The monoisotopic (exact) mass is 353 g/mol. The zero-order chi connectivity index (χ0) is 19.9. The molecule has 136 valence electrons. The van der Waals surface area contributed by atoms with Gasteiger partial charge in [-0.15, -0.1) is 0 Å². The number of rotatable bonds is 5. The standard InChI is InChI=1S/C19H17NO4.C2H6/c1-4-6-8-12(5-2)17(22)16-18(23)13-9-7-10-14(20-11(3)21)15(13)19(16)24;1-2/h4-10,16H,1H2,2-3H3,(H,20,21);1-2H3/b8-6-,12-5+;. The van der Waals surface area contributed by atoms with Crippen LogP contribution in [0, 0.1) is 5.92 Å². The number of allylic oxidation sites excluding steroid dienone is 5. The second kappa shape index (κ2) is 9.42. The van der Waals surface area contributed by atoms with Crippen molar-refractivity contribution in [2.45, 2.75) is 27.7 Å². The second-order valence-electron chi connectivity index (χ2n) is 5.27. The van der Waals surface area contributed by atoms with Crippen LogP contribution < -0.4 is 5.32 Å². The fourth-order valence-corrected chi connectivity index (χ4v) is 2.63. The molecule has 5 heteroatoms. The van der Waals surface area contributed by atoms with E-state index in [2.05, 4.69) is 11.9 Å². The van der Waals surface area contributed by atoms with Gasteiger partial charge in [-0.05, 0) is 13.0 Å². The van der Waals surface area contributed by atoms with E-state index < -0.39 is 23.3 Å². The molecule has 1 aliphatic carbocycles. The fraction of sp³-hybridized carbons (Fsp3) is 0.238. The molecule has 0 fully saturated rings. The Kier molecular flexibility index (Phi) is 7.59. The highest BCUT2D eigenvalue weighted by Crippen LogP contribution is 2.34. The first-order valence-electron chi connectivity index (χ1n) is 8.41. The van der Waals surface area contributed by atoms with E-state index in [0.29, 0.717) is 0 Å². The third-order valence-electron chi connectivity index (χ3n) is 3.68.